The normalized spacial score (nSPS) is 32.5. The molecule has 0 amide bonds. The molecule has 1 aromatic rings. The first-order chi connectivity index (χ1) is 12.1. The van der Waals surface area contributed by atoms with Crippen LogP contribution in [0.5, 0.6) is 0 Å². The minimum Gasteiger partial charge on any atom is -0.373 e. The van der Waals surface area contributed by atoms with E-state index < -0.39 is 0 Å². The Morgan fingerprint density at radius 2 is 1.85 bits per heavy atom. The van der Waals surface area contributed by atoms with Crippen LogP contribution < -0.4 is 10.6 Å². The highest BCUT2D eigenvalue weighted by molar-refractivity contribution is 14.0. The second-order valence-electron chi connectivity index (χ2n) is 8.10. The topological polar surface area (TPSA) is 45.7 Å². The van der Waals surface area contributed by atoms with E-state index in [2.05, 4.69) is 60.7 Å². The Morgan fingerprint density at radius 1 is 1.12 bits per heavy atom. The average molecular weight is 469 g/mol. The van der Waals surface area contributed by atoms with Gasteiger partial charge in [0, 0.05) is 18.5 Å². The van der Waals surface area contributed by atoms with Crippen LogP contribution >= 0.6 is 24.0 Å². The summed E-state index contributed by atoms with van der Waals surface area (Å²) in [7, 11) is 0. The van der Waals surface area contributed by atoms with Crippen molar-refractivity contribution in [2.24, 2.45) is 4.99 Å². The van der Waals surface area contributed by atoms with Gasteiger partial charge in [-0.2, -0.15) is 0 Å². The molecule has 1 saturated carbocycles. The highest BCUT2D eigenvalue weighted by Gasteiger charge is 2.43. The first kappa shape index (κ1) is 19.9. The first-order valence-corrected chi connectivity index (χ1v) is 9.97. The molecule has 5 unspecified atom stereocenters. The highest BCUT2D eigenvalue weighted by atomic mass is 127. The third-order valence-electron chi connectivity index (χ3n) is 5.89. The zero-order chi connectivity index (χ0) is 17.4. The number of nitrogens with one attached hydrogen (secondary N) is 2. The van der Waals surface area contributed by atoms with Crippen LogP contribution in [-0.2, 0) is 4.74 Å². The van der Waals surface area contributed by atoms with Gasteiger partial charge in [0.1, 0.15) is 0 Å². The van der Waals surface area contributed by atoms with E-state index in [9.17, 15) is 0 Å². The smallest absolute Gasteiger partial charge is 0.191 e. The number of rotatable bonds is 5. The number of hydrogen-bond acceptors (Lipinski definition) is 2. The molecule has 4 rings (SSSR count). The molecule has 0 spiro atoms. The van der Waals surface area contributed by atoms with E-state index in [1.165, 1.54) is 30.4 Å². The van der Waals surface area contributed by atoms with Gasteiger partial charge in [-0.05, 0) is 49.7 Å². The van der Waals surface area contributed by atoms with Gasteiger partial charge in [0.15, 0.2) is 5.96 Å². The summed E-state index contributed by atoms with van der Waals surface area (Å²) in [6.45, 7) is 7.39. The molecule has 26 heavy (non-hydrogen) atoms. The maximum Gasteiger partial charge on any atom is 0.191 e. The van der Waals surface area contributed by atoms with Gasteiger partial charge in [0.05, 0.1) is 18.2 Å². The van der Waals surface area contributed by atoms with Crippen molar-refractivity contribution in [2.75, 3.05) is 6.54 Å². The highest BCUT2D eigenvalue weighted by Crippen LogP contribution is 2.41. The van der Waals surface area contributed by atoms with Gasteiger partial charge in [-0.1, -0.05) is 38.1 Å². The first-order valence-electron chi connectivity index (χ1n) is 9.97. The van der Waals surface area contributed by atoms with E-state index >= 15 is 0 Å². The van der Waals surface area contributed by atoms with Crippen molar-refractivity contribution in [3.63, 3.8) is 0 Å². The Kier molecular flexibility index (Phi) is 6.49. The molecular formula is C21H32IN3O. The Labute approximate surface area is 174 Å². The summed E-state index contributed by atoms with van der Waals surface area (Å²) in [6.07, 6.45) is 5.59. The quantitative estimate of drug-likeness (QED) is 0.387. The molecule has 3 fully saturated rings. The van der Waals surface area contributed by atoms with E-state index in [1.807, 2.05) is 0 Å². The van der Waals surface area contributed by atoms with E-state index in [1.54, 1.807) is 0 Å². The average Bonchev–Trinajstić information content (AvgIpc) is 3.04. The minimum absolute atomic E-state index is 0. The van der Waals surface area contributed by atoms with E-state index in [0.29, 0.717) is 36.1 Å². The summed E-state index contributed by atoms with van der Waals surface area (Å²) in [5.74, 6) is 2.18. The number of ether oxygens (including phenoxy) is 1. The molecule has 1 aromatic carbocycles. The second-order valence-corrected chi connectivity index (χ2v) is 8.10. The monoisotopic (exact) mass is 469 g/mol. The van der Waals surface area contributed by atoms with Crippen molar-refractivity contribution in [2.45, 2.75) is 82.6 Å². The molecule has 0 aromatic heterocycles. The fourth-order valence-corrected chi connectivity index (χ4v) is 4.28. The van der Waals surface area contributed by atoms with Crippen LogP contribution in [0.3, 0.4) is 0 Å². The van der Waals surface area contributed by atoms with Gasteiger partial charge in [0.2, 0.25) is 0 Å². The van der Waals surface area contributed by atoms with Crippen LogP contribution in [0.1, 0.15) is 69.4 Å². The Hall–Kier alpha value is -0.820. The Morgan fingerprint density at radius 3 is 2.42 bits per heavy atom. The number of fused-ring (bicyclic) bond motifs is 2. The SMILES string of the molecule is CCN=C(NC1CC2CCC1O2)NC1CC1c1ccc(C(C)C)cc1.I. The molecule has 0 radical (unpaired) electrons. The third-order valence-corrected chi connectivity index (χ3v) is 5.89. The molecule has 2 saturated heterocycles. The van der Waals surface area contributed by atoms with E-state index in [-0.39, 0.29) is 24.0 Å². The lowest BCUT2D eigenvalue weighted by molar-refractivity contribution is 0.0992. The summed E-state index contributed by atoms with van der Waals surface area (Å²) in [4.78, 5) is 4.66. The molecule has 1 aliphatic carbocycles. The van der Waals surface area contributed by atoms with Crippen molar-refractivity contribution >= 4 is 29.9 Å². The molecule has 4 nitrogen and oxygen atoms in total. The van der Waals surface area contributed by atoms with Gasteiger partial charge in [0.25, 0.3) is 0 Å². The number of aliphatic imine (C=N–C) groups is 1. The van der Waals surface area contributed by atoms with Crippen molar-refractivity contribution < 1.29 is 4.74 Å². The fraction of sp³-hybridized carbons (Fsp3) is 0.667. The van der Waals surface area contributed by atoms with Crippen molar-refractivity contribution in [3.8, 4) is 0 Å². The lowest BCUT2D eigenvalue weighted by atomic mass is 9.96. The molecule has 5 atom stereocenters. The molecule has 2 bridgehead atoms. The zero-order valence-electron chi connectivity index (χ0n) is 16.1. The lowest BCUT2D eigenvalue weighted by Gasteiger charge is -2.23. The van der Waals surface area contributed by atoms with Crippen LogP contribution in [0.4, 0.5) is 0 Å². The number of benzene rings is 1. The molecule has 2 N–H and O–H groups in total. The predicted octanol–water partition coefficient (Wildman–Crippen LogP) is 4.16. The summed E-state index contributed by atoms with van der Waals surface area (Å²) < 4.78 is 5.96. The number of guanidine groups is 1. The van der Waals surface area contributed by atoms with Crippen LogP contribution in [0.15, 0.2) is 29.3 Å². The van der Waals surface area contributed by atoms with Crippen LogP contribution in [0.25, 0.3) is 0 Å². The number of nitrogens with zero attached hydrogens (tertiary/aromatic N) is 1. The standard InChI is InChI=1S/C21H31N3O.HI/c1-4-22-21(24-19-11-16-9-10-20(19)25-16)23-18-12-17(18)15-7-5-14(6-8-15)13(2)3;/h5-8,13,16-20H,4,9-12H2,1-3H3,(H2,22,23,24);1H. The van der Waals surface area contributed by atoms with Gasteiger partial charge < -0.3 is 15.4 Å². The third kappa shape index (κ3) is 4.35. The van der Waals surface area contributed by atoms with Crippen LogP contribution in [0.2, 0.25) is 0 Å². The van der Waals surface area contributed by atoms with Gasteiger partial charge in [-0.15, -0.1) is 24.0 Å². The largest absolute Gasteiger partial charge is 0.373 e. The maximum atomic E-state index is 5.96. The lowest BCUT2D eigenvalue weighted by Crippen LogP contribution is -2.48. The molecule has 144 valence electrons. The van der Waals surface area contributed by atoms with Crippen LogP contribution in [0, 0.1) is 0 Å². The van der Waals surface area contributed by atoms with Crippen molar-refractivity contribution in [1.82, 2.24) is 10.6 Å². The summed E-state index contributed by atoms with van der Waals surface area (Å²) in [6, 6.07) is 10.1. The molecule has 5 heteroatoms. The van der Waals surface area contributed by atoms with Crippen LogP contribution in [-0.4, -0.2) is 36.8 Å². The van der Waals surface area contributed by atoms with E-state index in [4.69, 9.17) is 4.74 Å². The second kappa shape index (κ2) is 8.46. The Bertz CT molecular complexity index is 631. The predicted molar refractivity (Wildman–Crippen MR) is 118 cm³/mol. The minimum atomic E-state index is 0. The molecule has 2 aliphatic heterocycles. The molecular weight excluding hydrogens is 437 g/mol. The van der Waals surface area contributed by atoms with Gasteiger partial charge in [-0.3, -0.25) is 4.99 Å². The van der Waals surface area contributed by atoms with Crippen molar-refractivity contribution in [1.29, 1.82) is 0 Å². The van der Waals surface area contributed by atoms with Gasteiger partial charge in [-0.25, -0.2) is 0 Å². The summed E-state index contributed by atoms with van der Waals surface area (Å²) in [5.41, 5.74) is 2.86. The Balaban J connectivity index is 0.00000196. The van der Waals surface area contributed by atoms with Crippen molar-refractivity contribution in [3.05, 3.63) is 35.4 Å². The number of hydrogen-bond donors (Lipinski definition) is 2. The summed E-state index contributed by atoms with van der Waals surface area (Å²) >= 11 is 0. The number of halogens is 1. The maximum absolute atomic E-state index is 5.96. The fourth-order valence-electron chi connectivity index (χ4n) is 4.28. The summed E-state index contributed by atoms with van der Waals surface area (Å²) in [5, 5.41) is 7.28. The van der Waals surface area contributed by atoms with E-state index in [0.717, 1.165) is 18.9 Å². The molecule has 2 heterocycles. The zero-order valence-corrected chi connectivity index (χ0v) is 18.4. The molecule has 3 aliphatic rings. The van der Waals surface area contributed by atoms with Gasteiger partial charge >= 0.3 is 0 Å².